The Morgan fingerprint density at radius 3 is 2.74 bits per heavy atom. The highest BCUT2D eigenvalue weighted by Crippen LogP contribution is 2.46. The third-order valence-corrected chi connectivity index (χ3v) is 3.53. The number of amides is 1. The van der Waals surface area contributed by atoms with Gasteiger partial charge >= 0.3 is 0 Å². The van der Waals surface area contributed by atoms with Crippen molar-refractivity contribution in [3.8, 4) is 5.88 Å². The van der Waals surface area contributed by atoms with Crippen LogP contribution in [-0.2, 0) is 4.79 Å². The van der Waals surface area contributed by atoms with E-state index in [1.54, 1.807) is 6.20 Å². The Labute approximate surface area is 112 Å². The van der Waals surface area contributed by atoms with Gasteiger partial charge < -0.3 is 20.7 Å². The van der Waals surface area contributed by atoms with E-state index >= 15 is 0 Å². The quantitative estimate of drug-likeness (QED) is 0.823. The van der Waals surface area contributed by atoms with Gasteiger partial charge in [-0.1, -0.05) is 0 Å². The summed E-state index contributed by atoms with van der Waals surface area (Å²) in [7, 11) is 5.34. The number of carbonyl (C=O) groups is 1. The molecule has 1 aromatic heterocycles. The van der Waals surface area contributed by atoms with Crippen molar-refractivity contribution in [1.82, 2.24) is 4.98 Å². The number of methoxy groups -OCH3 is 1. The highest BCUT2D eigenvalue weighted by molar-refractivity contribution is 6.01. The molecule has 104 valence electrons. The molecule has 1 aliphatic carbocycles. The van der Waals surface area contributed by atoms with E-state index in [-0.39, 0.29) is 5.91 Å². The zero-order valence-corrected chi connectivity index (χ0v) is 11.6. The highest BCUT2D eigenvalue weighted by Gasteiger charge is 2.48. The minimum atomic E-state index is -0.398. The van der Waals surface area contributed by atoms with Crippen LogP contribution in [0.15, 0.2) is 12.3 Å². The first-order valence-electron chi connectivity index (χ1n) is 6.26. The van der Waals surface area contributed by atoms with Crippen molar-refractivity contribution >= 4 is 17.3 Å². The van der Waals surface area contributed by atoms with Crippen molar-refractivity contribution in [3.05, 3.63) is 12.3 Å². The summed E-state index contributed by atoms with van der Waals surface area (Å²) in [6, 6.07) is 1.83. The van der Waals surface area contributed by atoms with Crippen LogP contribution in [0.2, 0.25) is 0 Å². The maximum atomic E-state index is 12.3. The fourth-order valence-electron chi connectivity index (χ4n) is 2.00. The first kappa shape index (κ1) is 13.6. The van der Waals surface area contributed by atoms with Crippen LogP contribution in [0.5, 0.6) is 5.88 Å². The summed E-state index contributed by atoms with van der Waals surface area (Å²) in [4.78, 5) is 18.3. The lowest BCUT2D eigenvalue weighted by Crippen LogP contribution is -2.31. The summed E-state index contributed by atoms with van der Waals surface area (Å²) in [6.07, 6.45) is 3.34. The lowest BCUT2D eigenvalue weighted by atomic mass is 10.1. The number of nitrogens with one attached hydrogen (secondary N) is 1. The molecule has 0 atom stereocenters. The Balaban J connectivity index is 2.30. The fourth-order valence-corrected chi connectivity index (χ4v) is 2.00. The second kappa shape index (κ2) is 5.05. The number of nitrogens with two attached hydrogens (primary N) is 1. The Bertz CT molecular complexity index is 484. The third kappa shape index (κ3) is 2.49. The van der Waals surface area contributed by atoms with E-state index in [0.717, 1.165) is 18.5 Å². The van der Waals surface area contributed by atoms with Gasteiger partial charge in [-0.2, -0.15) is 0 Å². The van der Waals surface area contributed by atoms with Crippen LogP contribution < -0.4 is 20.7 Å². The molecule has 0 saturated heterocycles. The number of carbonyl (C=O) groups excluding carboxylic acids is 1. The molecule has 1 heterocycles. The lowest BCUT2D eigenvalue weighted by Gasteiger charge is -2.21. The summed E-state index contributed by atoms with van der Waals surface area (Å²) < 4.78 is 5.22. The Morgan fingerprint density at radius 2 is 2.26 bits per heavy atom. The molecular formula is C13H20N4O2. The van der Waals surface area contributed by atoms with Crippen molar-refractivity contribution in [2.45, 2.75) is 12.8 Å². The van der Waals surface area contributed by atoms with Crippen molar-refractivity contribution in [3.63, 3.8) is 0 Å². The second-order valence-electron chi connectivity index (χ2n) is 5.05. The predicted molar refractivity (Wildman–Crippen MR) is 74.5 cm³/mol. The van der Waals surface area contributed by atoms with Gasteiger partial charge in [-0.15, -0.1) is 0 Å². The summed E-state index contributed by atoms with van der Waals surface area (Å²) in [6.45, 7) is 0.374. The summed E-state index contributed by atoms with van der Waals surface area (Å²) in [5.41, 5.74) is 6.73. The molecule has 1 amide bonds. The van der Waals surface area contributed by atoms with Crippen LogP contribution >= 0.6 is 0 Å². The van der Waals surface area contributed by atoms with Crippen LogP contribution in [0.25, 0.3) is 0 Å². The van der Waals surface area contributed by atoms with E-state index in [1.165, 1.54) is 7.11 Å². The fraction of sp³-hybridized carbons (Fsp3) is 0.538. The average molecular weight is 264 g/mol. The van der Waals surface area contributed by atoms with Crippen molar-refractivity contribution in [1.29, 1.82) is 0 Å². The number of pyridine rings is 1. The molecule has 0 unspecified atom stereocenters. The van der Waals surface area contributed by atoms with E-state index in [1.807, 2.05) is 25.1 Å². The molecule has 6 heteroatoms. The average Bonchev–Trinajstić information content (AvgIpc) is 3.19. The molecule has 0 aromatic carbocycles. The zero-order valence-electron chi connectivity index (χ0n) is 11.6. The second-order valence-corrected chi connectivity index (χ2v) is 5.05. The van der Waals surface area contributed by atoms with E-state index in [9.17, 15) is 4.79 Å². The predicted octanol–water partition coefficient (Wildman–Crippen LogP) is 0.834. The minimum Gasteiger partial charge on any atom is -0.479 e. The molecule has 1 saturated carbocycles. The maximum Gasteiger partial charge on any atom is 0.239 e. The van der Waals surface area contributed by atoms with Crippen LogP contribution in [0, 0.1) is 5.41 Å². The standard InChI is InChI=1S/C13H20N4O2/c1-17(2)9-4-7-15-11(19-3)10(9)16-12(18)13(8-14)5-6-13/h4,7H,5-6,8,14H2,1-3H3,(H,16,18). The molecule has 0 bridgehead atoms. The number of anilines is 2. The molecule has 0 spiro atoms. The van der Waals surface area contributed by atoms with Crippen molar-refractivity contribution in [2.75, 3.05) is 38.0 Å². The molecule has 1 aliphatic rings. The number of hydrogen-bond donors (Lipinski definition) is 2. The van der Waals surface area contributed by atoms with Crippen molar-refractivity contribution < 1.29 is 9.53 Å². The number of ether oxygens (including phenoxy) is 1. The lowest BCUT2D eigenvalue weighted by molar-refractivity contribution is -0.120. The number of aromatic nitrogens is 1. The van der Waals surface area contributed by atoms with Gasteiger partial charge in [0.05, 0.1) is 18.2 Å². The minimum absolute atomic E-state index is 0.0515. The summed E-state index contributed by atoms with van der Waals surface area (Å²) in [5, 5.41) is 2.92. The van der Waals surface area contributed by atoms with Crippen LogP contribution in [0.1, 0.15) is 12.8 Å². The normalized spacial score (nSPS) is 15.8. The molecule has 1 aromatic rings. The number of rotatable bonds is 5. The number of nitrogens with zero attached hydrogens (tertiary/aromatic N) is 2. The molecule has 2 rings (SSSR count). The Morgan fingerprint density at radius 1 is 1.58 bits per heavy atom. The monoisotopic (exact) mass is 264 g/mol. The molecule has 0 radical (unpaired) electrons. The van der Waals surface area contributed by atoms with Gasteiger partial charge in [0.1, 0.15) is 5.69 Å². The SMILES string of the molecule is COc1nccc(N(C)C)c1NC(=O)C1(CN)CC1. The van der Waals surface area contributed by atoms with Gasteiger partial charge in [0.25, 0.3) is 0 Å². The molecule has 1 fully saturated rings. The molecule has 19 heavy (non-hydrogen) atoms. The van der Waals surface area contributed by atoms with Crippen LogP contribution in [0.4, 0.5) is 11.4 Å². The van der Waals surface area contributed by atoms with Crippen LogP contribution in [-0.4, -0.2) is 38.6 Å². The van der Waals surface area contributed by atoms with Gasteiger partial charge in [-0.05, 0) is 18.9 Å². The summed E-state index contributed by atoms with van der Waals surface area (Å²) in [5.74, 6) is 0.358. The van der Waals surface area contributed by atoms with E-state index in [2.05, 4.69) is 10.3 Å². The van der Waals surface area contributed by atoms with Gasteiger partial charge in [-0.3, -0.25) is 4.79 Å². The number of hydrogen-bond acceptors (Lipinski definition) is 5. The Kier molecular flexibility index (Phi) is 3.61. The Hall–Kier alpha value is -1.82. The first-order chi connectivity index (χ1) is 9.04. The molecule has 6 nitrogen and oxygen atoms in total. The first-order valence-corrected chi connectivity index (χ1v) is 6.26. The third-order valence-electron chi connectivity index (χ3n) is 3.53. The van der Waals surface area contributed by atoms with Crippen molar-refractivity contribution in [2.24, 2.45) is 11.1 Å². The van der Waals surface area contributed by atoms with E-state index in [4.69, 9.17) is 10.5 Å². The smallest absolute Gasteiger partial charge is 0.239 e. The van der Waals surface area contributed by atoms with Gasteiger partial charge in [0.15, 0.2) is 0 Å². The largest absolute Gasteiger partial charge is 0.479 e. The van der Waals surface area contributed by atoms with Gasteiger partial charge in [0, 0.05) is 26.8 Å². The molecule has 0 aliphatic heterocycles. The highest BCUT2D eigenvalue weighted by atomic mass is 16.5. The molecule has 3 N–H and O–H groups in total. The van der Waals surface area contributed by atoms with E-state index < -0.39 is 5.41 Å². The summed E-state index contributed by atoms with van der Waals surface area (Å²) >= 11 is 0. The topological polar surface area (TPSA) is 80.5 Å². The van der Waals surface area contributed by atoms with E-state index in [0.29, 0.717) is 18.1 Å². The zero-order chi connectivity index (χ0) is 14.0. The molecular weight excluding hydrogens is 244 g/mol. The van der Waals surface area contributed by atoms with Gasteiger partial charge in [-0.25, -0.2) is 4.98 Å². The van der Waals surface area contributed by atoms with Crippen LogP contribution in [0.3, 0.4) is 0 Å². The maximum absolute atomic E-state index is 12.3. The van der Waals surface area contributed by atoms with Gasteiger partial charge in [0.2, 0.25) is 11.8 Å².